The Morgan fingerprint density at radius 3 is 2.33 bits per heavy atom. The van der Waals surface area contributed by atoms with Gasteiger partial charge >= 0.3 is 0 Å². The number of ether oxygens (including phenoxy) is 1. The van der Waals surface area contributed by atoms with Gasteiger partial charge in [0.1, 0.15) is 5.75 Å². The summed E-state index contributed by atoms with van der Waals surface area (Å²) in [4.78, 5) is 5.91. The Kier molecular flexibility index (Phi) is 4.77. The fourth-order valence-corrected chi connectivity index (χ4v) is 4.17. The van der Waals surface area contributed by atoms with Crippen molar-refractivity contribution in [1.29, 1.82) is 0 Å². The van der Waals surface area contributed by atoms with E-state index in [-0.39, 0.29) is 0 Å². The maximum atomic E-state index is 5.66. The molecule has 0 bridgehead atoms. The van der Waals surface area contributed by atoms with Gasteiger partial charge in [-0.3, -0.25) is 0 Å². The summed E-state index contributed by atoms with van der Waals surface area (Å²) in [6.07, 6.45) is 0.642. The summed E-state index contributed by atoms with van der Waals surface area (Å²) in [5, 5.41) is 3.40. The summed E-state index contributed by atoms with van der Waals surface area (Å²) in [5.41, 5.74) is 8.48. The molecule has 3 nitrogen and oxygen atoms in total. The van der Waals surface area contributed by atoms with Crippen LogP contribution in [0, 0.1) is 0 Å². The van der Waals surface area contributed by atoms with Gasteiger partial charge in [0.2, 0.25) is 0 Å². The van der Waals surface area contributed by atoms with Gasteiger partial charge in [-0.05, 0) is 41.0 Å². The van der Waals surface area contributed by atoms with Gasteiger partial charge in [0.25, 0.3) is 0 Å². The first kappa shape index (κ1) is 18.5. The van der Waals surface area contributed by atoms with Gasteiger partial charge in [0, 0.05) is 23.2 Å². The monoisotopic (exact) mass is 408 g/mol. The summed E-state index contributed by atoms with van der Waals surface area (Å²) < 4.78 is 5.35. The number of nitrogens with one attached hydrogen (secondary N) is 1. The van der Waals surface area contributed by atoms with E-state index >= 15 is 0 Å². The van der Waals surface area contributed by atoms with Crippen molar-refractivity contribution in [3.05, 3.63) is 90.5 Å². The number of hydrogen-bond donors (Lipinski definition) is 1. The average Bonchev–Trinajstić information content (AvgIpc) is 2.94. The molecule has 146 valence electrons. The van der Waals surface area contributed by atoms with Crippen LogP contribution in [0.2, 0.25) is 0 Å². The van der Waals surface area contributed by atoms with E-state index in [0.717, 1.165) is 55.6 Å². The summed E-state index contributed by atoms with van der Waals surface area (Å²) in [6.45, 7) is 0. The first-order valence-electron chi connectivity index (χ1n) is 9.86. The van der Waals surface area contributed by atoms with Crippen molar-refractivity contribution in [2.45, 2.75) is 6.42 Å². The predicted molar refractivity (Wildman–Crippen MR) is 127 cm³/mol. The minimum Gasteiger partial charge on any atom is -0.497 e. The number of fused-ring (bicyclic) bond motifs is 3. The Balaban J connectivity index is 1.81. The van der Waals surface area contributed by atoms with Crippen LogP contribution in [0.25, 0.3) is 33.6 Å². The molecule has 0 fully saturated rings. The zero-order valence-electron chi connectivity index (χ0n) is 16.6. The Hall–Kier alpha value is -3.50. The first-order valence-corrected chi connectivity index (χ1v) is 10.3. The quantitative estimate of drug-likeness (QED) is 0.399. The largest absolute Gasteiger partial charge is 0.497 e. The lowest BCUT2D eigenvalue weighted by atomic mass is 9.92. The molecule has 0 radical (unpaired) electrons. The molecule has 1 aliphatic rings. The van der Waals surface area contributed by atoms with Crippen LogP contribution in [0.1, 0.15) is 5.56 Å². The molecule has 1 aromatic heterocycles. The molecule has 4 aromatic rings. The van der Waals surface area contributed by atoms with Crippen LogP contribution in [0.4, 0.5) is 5.69 Å². The van der Waals surface area contributed by atoms with Gasteiger partial charge in [-0.1, -0.05) is 72.9 Å². The van der Waals surface area contributed by atoms with Crippen LogP contribution in [0.15, 0.2) is 84.9 Å². The van der Waals surface area contributed by atoms with Gasteiger partial charge in [0.05, 0.1) is 23.5 Å². The molecule has 0 atom stereocenters. The molecule has 1 N–H and O–H groups in total. The number of aromatic nitrogens is 1. The average molecular weight is 409 g/mol. The number of para-hydroxylation sites is 1. The van der Waals surface area contributed by atoms with Crippen LogP contribution in [0.3, 0.4) is 0 Å². The lowest BCUT2D eigenvalue weighted by molar-refractivity contribution is 0.415. The van der Waals surface area contributed by atoms with E-state index in [0.29, 0.717) is 6.42 Å². The van der Waals surface area contributed by atoms with Crippen LogP contribution in [0.5, 0.6) is 5.75 Å². The van der Waals surface area contributed by atoms with Gasteiger partial charge in [-0.2, -0.15) is 0 Å². The number of rotatable bonds is 3. The third-order valence-corrected chi connectivity index (χ3v) is 5.63. The number of thiocarbonyl (C=S) groups is 1. The highest BCUT2D eigenvalue weighted by atomic mass is 32.1. The van der Waals surface area contributed by atoms with Crippen molar-refractivity contribution in [2.24, 2.45) is 0 Å². The van der Waals surface area contributed by atoms with E-state index < -0.39 is 0 Å². The second-order valence-electron chi connectivity index (χ2n) is 7.25. The molecule has 0 saturated heterocycles. The molecular formula is C26H20N2OS. The summed E-state index contributed by atoms with van der Waals surface area (Å²) >= 11 is 5.66. The molecule has 0 saturated carbocycles. The van der Waals surface area contributed by atoms with E-state index in [9.17, 15) is 0 Å². The van der Waals surface area contributed by atoms with Crippen molar-refractivity contribution < 1.29 is 4.74 Å². The molecule has 0 aliphatic carbocycles. The smallest absolute Gasteiger partial charge is 0.118 e. The van der Waals surface area contributed by atoms with E-state index in [1.165, 1.54) is 0 Å². The Labute approximate surface area is 181 Å². The van der Waals surface area contributed by atoms with E-state index in [2.05, 4.69) is 47.8 Å². The molecule has 0 unspecified atom stereocenters. The number of anilines is 1. The maximum Gasteiger partial charge on any atom is 0.118 e. The molecule has 5 rings (SSSR count). The maximum absolute atomic E-state index is 5.66. The van der Waals surface area contributed by atoms with Crippen molar-refractivity contribution in [3.8, 4) is 39.4 Å². The van der Waals surface area contributed by atoms with Gasteiger partial charge in [-0.25, -0.2) is 4.98 Å². The SMILES string of the molecule is COc1ccc(-c2cc(-c3ccccc3)nc3c2CC(=S)Nc2ccccc2-3)cc1. The second-order valence-corrected chi connectivity index (χ2v) is 7.74. The third-order valence-electron chi connectivity index (χ3n) is 5.39. The van der Waals surface area contributed by atoms with Gasteiger partial charge in [0.15, 0.2) is 0 Å². The number of nitrogens with zero attached hydrogens (tertiary/aromatic N) is 1. The number of pyridine rings is 1. The molecule has 4 heteroatoms. The third kappa shape index (κ3) is 3.36. The highest BCUT2D eigenvalue weighted by Gasteiger charge is 2.22. The van der Waals surface area contributed by atoms with Crippen LogP contribution in [-0.2, 0) is 6.42 Å². The molecule has 3 aromatic carbocycles. The highest BCUT2D eigenvalue weighted by Crippen LogP contribution is 2.40. The topological polar surface area (TPSA) is 34.1 Å². The highest BCUT2D eigenvalue weighted by molar-refractivity contribution is 7.80. The van der Waals surface area contributed by atoms with Crippen molar-refractivity contribution >= 4 is 22.9 Å². The van der Waals surface area contributed by atoms with Crippen LogP contribution < -0.4 is 10.1 Å². The molecule has 0 spiro atoms. The van der Waals surface area contributed by atoms with E-state index in [1.807, 2.05) is 42.5 Å². The second kappa shape index (κ2) is 7.73. The lowest BCUT2D eigenvalue weighted by Crippen LogP contribution is -2.10. The molecule has 30 heavy (non-hydrogen) atoms. The van der Waals surface area contributed by atoms with E-state index in [4.69, 9.17) is 21.9 Å². The summed E-state index contributed by atoms with van der Waals surface area (Å²) in [5.74, 6) is 0.838. The Bertz CT molecular complexity index is 1230. The zero-order chi connectivity index (χ0) is 20.5. The van der Waals surface area contributed by atoms with Crippen molar-refractivity contribution in [3.63, 3.8) is 0 Å². The molecule has 0 amide bonds. The van der Waals surface area contributed by atoms with Crippen molar-refractivity contribution in [2.75, 3.05) is 12.4 Å². The number of methoxy groups -OCH3 is 1. The number of benzene rings is 3. The van der Waals surface area contributed by atoms with Gasteiger partial charge in [-0.15, -0.1) is 0 Å². The minimum atomic E-state index is 0.642. The van der Waals surface area contributed by atoms with Crippen LogP contribution >= 0.6 is 12.2 Å². The Morgan fingerprint density at radius 2 is 1.57 bits per heavy atom. The molecular weight excluding hydrogens is 388 g/mol. The fraction of sp³-hybridized carbons (Fsp3) is 0.0769. The van der Waals surface area contributed by atoms with Crippen LogP contribution in [-0.4, -0.2) is 17.1 Å². The molecule has 1 aliphatic heterocycles. The normalized spacial score (nSPS) is 12.4. The molecule has 2 heterocycles. The first-order chi connectivity index (χ1) is 14.7. The predicted octanol–water partition coefficient (Wildman–Crippen LogP) is 6.39. The van der Waals surface area contributed by atoms with Gasteiger partial charge < -0.3 is 10.1 Å². The van der Waals surface area contributed by atoms with Crippen molar-refractivity contribution in [1.82, 2.24) is 4.98 Å². The standard InChI is InChI=1S/C26H20N2OS/c1-29-19-13-11-17(12-14-19)21-15-24(18-7-3-2-4-8-18)28-26-20-9-5-6-10-23(20)27-25(30)16-22(21)26/h2-15H,16H2,1H3,(H,27,30). The zero-order valence-corrected chi connectivity index (χ0v) is 17.4. The number of hydrogen-bond acceptors (Lipinski definition) is 3. The lowest BCUT2D eigenvalue weighted by Gasteiger charge is -2.16. The summed E-state index contributed by atoms with van der Waals surface area (Å²) in [6, 6.07) is 28.9. The fourth-order valence-electron chi connectivity index (χ4n) is 3.91. The summed E-state index contributed by atoms with van der Waals surface area (Å²) in [7, 11) is 1.68. The van der Waals surface area contributed by atoms with E-state index in [1.54, 1.807) is 7.11 Å². The minimum absolute atomic E-state index is 0.642. The Morgan fingerprint density at radius 1 is 0.833 bits per heavy atom.